The minimum absolute atomic E-state index is 0.0961. The van der Waals surface area contributed by atoms with Crippen molar-refractivity contribution < 1.29 is 4.79 Å². The van der Waals surface area contributed by atoms with Gasteiger partial charge in [0.15, 0.2) is 0 Å². The van der Waals surface area contributed by atoms with Crippen molar-refractivity contribution in [1.29, 1.82) is 0 Å². The average Bonchev–Trinajstić information content (AvgIpc) is 3.30. The number of nitrogens with one attached hydrogen (secondary N) is 2. The van der Waals surface area contributed by atoms with Gasteiger partial charge in [-0.1, -0.05) is 62.2 Å². The minimum atomic E-state index is -0.214. The highest BCUT2D eigenvalue weighted by atomic mass is 16.2. The number of fused-ring (bicyclic) bond motifs is 4. The highest BCUT2D eigenvalue weighted by Gasteiger charge is 2.64. The molecule has 3 fully saturated rings. The van der Waals surface area contributed by atoms with Gasteiger partial charge in [-0.2, -0.15) is 0 Å². The van der Waals surface area contributed by atoms with Crippen LogP contribution in [0.2, 0.25) is 0 Å². The van der Waals surface area contributed by atoms with Crippen LogP contribution in [0, 0.1) is 29.6 Å². The lowest BCUT2D eigenvalue weighted by Gasteiger charge is -2.42. The molecule has 6 atom stereocenters. The largest absolute Gasteiger partial charge is 0.356 e. The monoisotopic (exact) mass is 519 g/mol. The average molecular weight is 520 g/mol. The van der Waals surface area contributed by atoms with E-state index in [1.165, 1.54) is 48.6 Å². The molecule has 7 rings (SSSR count). The van der Waals surface area contributed by atoms with E-state index in [4.69, 9.17) is 6.42 Å². The van der Waals surface area contributed by atoms with Crippen molar-refractivity contribution >= 4 is 16.8 Å². The molecule has 4 nitrogen and oxygen atoms in total. The van der Waals surface area contributed by atoms with Gasteiger partial charge in [0, 0.05) is 34.7 Å². The number of unbranched alkanes of at least 4 members (excludes halogenated alkanes) is 1. The van der Waals surface area contributed by atoms with E-state index in [1.807, 2.05) is 4.90 Å². The summed E-state index contributed by atoms with van der Waals surface area (Å²) in [7, 11) is 0. The maximum absolute atomic E-state index is 13.3. The Hall–Kier alpha value is -3.03. The summed E-state index contributed by atoms with van der Waals surface area (Å²) in [6.07, 6.45) is 16.8. The SMILES string of the molecule is C#CC(=O)N1[C@@H](CCCC)Cc2c([nH]c3ccccc23)[C@H]1c1ccc(CNC2(C)CC3CC4CC4(C3)C2)cc1. The molecule has 2 heterocycles. The molecule has 0 radical (unpaired) electrons. The van der Waals surface area contributed by atoms with Crippen molar-refractivity contribution in [3.8, 4) is 12.3 Å². The number of terminal acetylenes is 1. The van der Waals surface area contributed by atoms with Gasteiger partial charge < -0.3 is 15.2 Å². The van der Waals surface area contributed by atoms with Crippen LogP contribution in [0.1, 0.15) is 93.6 Å². The summed E-state index contributed by atoms with van der Waals surface area (Å²) >= 11 is 0. The number of nitrogens with zero attached hydrogens (tertiary/aromatic N) is 1. The van der Waals surface area contributed by atoms with Gasteiger partial charge in [-0.25, -0.2) is 0 Å². The second-order valence-corrected chi connectivity index (χ2v) is 13.4. The number of carbonyl (C=O) groups is 1. The van der Waals surface area contributed by atoms with E-state index in [1.54, 1.807) is 0 Å². The standard InChI is InChI=1S/C35H41N3O/c1-4-6-9-27-17-29-28-10-7-8-11-30(28)37-32(29)33(38(27)31(39)5-2)25-14-12-23(13-15-25)21-36-34(3)18-24-16-26-20-35(26,19-24)22-34/h2,7-8,10-15,24,26-27,33,36-37H,4,6,9,16-22H2,1,3H3/t24?,26?,27-,33+,34?,35?/m0/s1. The lowest BCUT2D eigenvalue weighted by molar-refractivity contribution is -0.130. The number of carbonyl (C=O) groups excluding carboxylic acids is 1. The molecule has 1 aliphatic heterocycles. The molecule has 4 unspecified atom stereocenters. The van der Waals surface area contributed by atoms with Crippen LogP contribution in [-0.2, 0) is 17.8 Å². The van der Waals surface area contributed by atoms with E-state index in [-0.39, 0.29) is 23.5 Å². The van der Waals surface area contributed by atoms with Gasteiger partial charge in [0.05, 0.1) is 6.04 Å². The molecule has 3 aromatic rings. The highest BCUT2D eigenvalue weighted by Crippen LogP contribution is 2.72. The molecule has 0 saturated heterocycles. The molecule has 1 aromatic heterocycles. The van der Waals surface area contributed by atoms with Gasteiger partial charge in [-0.3, -0.25) is 4.79 Å². The van der Waals surface area contributed by atoms with Gasteiger partial charge in [0.1, 0.15) is 0 Å². The summed E-state index contributed by atoms with van der Waals surface area (Å²) in [4.78, 5) is 19.0. The molecule has 1 spiro atoms. The Morgan fingerprint density at radius 3 is 2.74 bits per heavy atom. The number of H-pyrrole nitrogens is 1. The Balaban J connectivity index is 1.18. The first-order valence-corrected chi connectivity index (χ1v) is 15.1. The first-order chi connectivity index (χ1) is 18.9. The number of hydrogen-bond donors (Lipinski definition) is 2. The van der Waals surface area contributed by atoms with Crippen LogP contribution in [0.4, 0.5) is 0 Å². The van der Waals surface area contributed by atoms with E-state index in [2.05, 4.69) is 78.6 Å². The number of rotatable bonds is 7. The number of aromatic amines is 1. The number of para-hydroxylation sites is 1. The molecule has 2 bridgehead atoms. The Bertz CT molecular complexity index is 1450. The van der Waals surface area contributed by atoms with Crippen molar-refractivity contribution in [3.63, 3.8) is 0 Å². The summed E-state index contributed by atoms with van der Waals surface area (Å²) < 4.78 is 0. The Labute approximate surface area is 232 Å². The third kappa shape index (κ3) is 4.21. The normalized spacial score (nSPS) is 32.5. The molecule has 202 valence electrons. The summed E-state index contributed by atoms with van der Waals surface area (Å²) in [6, 6.07) is 17.3. The fourth-order valence-electron chi connectivity index (χ4n) is 9.00. The molecule has 39 heavy (non-hydrogen) atoms. The van der Waals surface area contributed by atoms with Crippen LogP contribution >= 0.6 is 0 Å². The molecule has 4 heteroatoms. The zero-order valence-corrected chi connectivity index (χ0v) is 23.4. The Morgan fingerprint density at radius 2 is 1.97 bits per heavy atom. The number of hydrogen-bond acceptors (Lipinski definition) is 2. The number of aromatic nitrogens is 1. The first kappa shape index (κ1) is 25.0. The smallest absolute Gasteiger partial charge is 0.299 e. The van der Waals surface area contributed by atoms with Crippen molar-refractivity contribution in [2.24, 2.45) is 17.3 Å². The zero-order chi connectivity index (χ0) is 26.8. The van der Waals surface area contributed by atoms with Gasteiger partial charge >= 0.3 is 0 Å². The third-order valence-corrected chi connectivity index (χ3v) is 10.6. The van der Waals surface area contributed by atoms with E-state index >= 15 is 0 Å². The zero-order valence-electron chi connectivity index (χ0n) is 23.4. The van der Waals surface area contributed by atoms with Crippen LogP contribution in [0.25, 0.3) is 10.9 Å². The highest BCUT2D eigenvalue weighted by molar-refractivity contribution is 5.94. The van der Waals surface area contributed by atoms with Gasteiger partial charge in [0.25, 0.3) is 5.91 Å². The Morgan fingerprint density at radius 1 is 1.15 bits per heavy atom. The van der Waals surface area contributed by atoms with E-state index < -0.39 is 0 Å². The quantitative estimate of drug-likeness (QED) is 0.334. The molecular formula is C35H41N3O. The predicted molar refractivity (Wildman–Crippen MR) is 157 cm³/mol. The molecule has 3 aliphatic carbocycles. The van der Waals surface area contributed by atoms with E-state index in [9.17, 15) is 4.79 Å². The Kier molecular flexibility index (Phi) is 5.94. The topological polar surface area (TPSA) is 48.1 Å². The van der Waals surface area contributed by atoms with Crippen LogP contribution in [0.5, 0.6) is 0 Å². The molecule has 2 N–H and O–H groups in total. The predicted octanol–water partition coefficient (Wildman–Crippen LogP) is 6.89. The fourth-order valence-corrected chi connectivity index (χ4v) is 9.00. The second-order valence-electron chi connectivity index (χ2n) is 13.4. The lowest BCUT2D eigenvalue weighted by atomic mass is 9.72. The molecule has 3 saturated carbocycles. The van der Waals surface area contributed by atoms with Crippen molar-refractivity contribution in [2.45, 2.75) is 95.8 Å². The summed E-state index contributed by atoms with van der Waals surface area (Å²) in [5.74, 6) is 4.19. The second kappa shape index (κ2) is 9.27. The maximum Gasteiger partial charge on any atom is 0.299 e. The van der Waals surface area contributed by atoms with Crippen LogP contribution < -0.4 is 5.32 Å². The van der Waals surface area contributed by atoms with Crippen LogP contribution in [-0.4, -0.2) is 27.4 Å². The van der Waals surface area contributed by atoms with Crippen LogP contribution in [0.3, 0.4) is 0 Å². The first-order valence-electron chi connectivity index (χ1n) is 15.1. The van der Waals surface area contributed by atoms with Gasteiger partial charge in [-0.05, 0) is 97.8 Å². The third-order valence-electron chi connectivity index (χ3n) is 10.6. The summed E-state index contributed by atoms with van der Waals surface area (Å²) in [5.41, 5.74) is 6.92. The molecule has 2 aromatic carbocycles. The summed E-state index contributed by atoms with van der Waals surface area (Å²) in [6.45, 7) is 5.55. The number of benzene rings is 2. The van der Waals surface area contributed by atoms with Gasteiger partial charge in [0.2, 0.25) is 0 Å². The summed E-state index contributed by atoms with van der Waals surface area (Å²) in [5, 5.41) is 5.23. The maximum atomic E-state index is 13.3. The van der Waals surface area contributed by atoms with Crippen LogP contribution in [0.15, 0.2) is 48.5 Å². The van der Waals surface area contributed by atoms with Gasteiger partial charge in [-0.15, -0.1) is 6.42 Å². The van der Waals surface area contributed by atoms with Crippen molar-refractivity contribution in [3.05, 3.63) is 70.9 Å². The lowest BCUT2D eigenvalue weighted by Crippen LogP contribution is -2.47. The van der Waals surface area contributed by atoms with E-state index in [0.29, 0.717) is 5.41 Å². The molecular weight excluding hydrogens is 478 g/mol. The number of amides is 1. The van der Waals surface area contributed by atoms with E-state index in [0.717, 1.165) is 60.8 Å². The van der Waals surface area contributed by atoms with Crippen molar-refractivity contribution in [1.82, 2.24) is 15.2 Å². The molecule has 4 aliphatic rings. The van der Waals surface area contributed by atoms with Crippen molar-refractivity contribution in [2.75, 3.05) is 0 Å². The minimum Gasteiger partial charge on any atom is -0.356 e. The molecule has 1 amide bonds. The fraction of sp³-hybridized carbons (Fsp3) is 0.514.